The second-order valence-corrected chi connectivity index (χ2v) is 12.7. The minimum Gasteiger partial charge on any atom is -0.451 e. The number of thioether (sulfide) groups is 1. The van der Waals surface area contributed by atoms with Crippen molar-refractivity contribution in [1.82, 2.24) is 15.5 Å². The van der Waals surface area contributed by atoms with Crippen LogP contribution in [0.15, 0.2) is 91.0 Å². The fourth-order valence-electron chi connectivity index (χ4n) is 5.21. The molecule has 2 unspecified atom stereocenters. The number of rotatable bonds is 8. The summed E-state index contributed by atoms with van der Waals surface area (Å²) in [5.74, 6) is -1.73. The lowest BCUT2D eigenvalue weighted by Crippen LogP contribution is -2.77. The van der Waals surface area contributed by atoms with E-state index in [1.165, 1.54) is 16.7 Å². The number of benzene rings is 3. The molecule has 3 N–H and O–H groups in total. The van der Waals surface area contributed by atoms with E-state index < -0.39 is 65.2 Å². The molecule has 2 saturated heterocycles. The van der Waals surface area contributed by atoms with Crippen LogP contribution in [0.4, 0.5) is 4.79 Å². The fraction of sp³-hybridized carbons (Fsp3) is 0.333. The summed E-state index contributed by atoms with van der Waals surface area (Å²) in [5, 5.41) is 15.6. The van der Waals surface area contributed by atoms with Gasteiger partial charge in [0.2, 0.25) is 11.8 Å². The Morgan fingerprint density at radius 1 is 0.886 bits per heavy atom. The van der Waals surface area contributed by atoms with Crippen LogP contribution in [-0.2, 0) is 23.9 Å². The van der Waals surface area contributed by atoms with E-state index in [1.54, 1.807) is 51.1 Å². The summed E-state index contributed by atoms with van der Waals surface area (Å²) in [4.78, 5) is 54.4. The van der Waals surface area contributed by atoms with Gasteiger partial charge in [0, 0.05) is 5.75 Å². The number of aliphatic hydroxyl groups is 1. The molecule has 2 aliphatic heterocycles. The Morgan fingerprint density at radius 3 is 1.93 bits per heavy atom. The molecule has 230 valence electrons. The van der Waals surface area contributed by atoms with Crippen molar-refractivity contribution < 1.29 is 33.8 Å². The van der Waals surface area contributed by atoms with E-state index in [0.717, 1.165) is 11.1 Å². The van der Waals surface area contributed by atoms with Crippen LogP contribution in [0, 0.1) is 0 Å². The number of nitrogens with one attached hydrogen (secondary N) is 2. The van der Waals surface area contributed by atoms with Crippen molar-refractivity contribution in [3.8, 4) is 0 Å². The average molecular weight is 618 g/mol. The van der Waals surface area contributed by atoms with Crippen LogP contribution in [0.3, 0.4) is 0 Å². The third-order valence-corrected chi connectivity index (χ3v) is 8.59. The summed E-state index contributed by atoms with van der Waals surface area (Å²) in [6, 6.07) is 23.7. The van der Waals surface area contributed by atoms with E-state index in [9.17, 15) is 24.3 Å². The minimum absolute atomic E-state index is 0.153. The average Bonchev–Trinajstić information content (AvgIpc) is 3.01. The first kappa shape index (κ1) is 31.1. The highest BCUT2D eigenvalue weighted by Crippen LogP contribution is 2.40. The smallest absolute Gasteiger partial charge is 0.408 e. The maximum absolute atomic E-state index is 13.6. The van der Waals surface area contributed by atoms with Gasteiger partial charge in [-0.05, 0) is 37.5 Å². The van der Waals surface area contributed by atoms with E-state index in [4.69, 9.17) is 9.47 Å². The van der Waals surface area contributed by atoms with Crippen LogP contribution in [0.2, 0.25) is 0 Å². The van der Waals surface area contributed by atoms with Gasteiger partial charge in [0.1, 0.15) is 23.1 Å². The number of nitrogens with zero attached hydrogens (tertiary/aromatic N) is 1. The molecule has 0 spiro atoms. The van der Waals surface area contributed by atoms with Gasteiger partial charge in [-0.25, -0.2) is 9.59 Å². The zero-order valence-corrected chi connectivity index (χ0v) is 25.4. The molecule has 0 aliphatic carbocycles. The van der Waals surface area contributed by atoms with Gasteiger partial charge in [-0.1, -0.05) is 91.0 Å². The maximum Gasteiger partial charge on any atom is 0.408 e. The van der Waals surface area contributed by atoms with Crippen molar-refractivity contribution in [3.05, 3.63) is 108 Å². The number of ether oxygens (including phenoxy) is 2. The Bertz CT molecular complexity index is 1440. The van der Waals surface area contributed by atoms with Gasteiger partial charge in [0.15, 0.2) is 12.1 Å². The Labute approximate surface area is 260 Å². The molecule has 0 bridgehead atoms. The van der Waals surface area contributed by atoms with Gasteiger partial charge >= 0.3 is 12.1 Å². The first-order valence-corrected chi connectivity index (χ1v) is 15.4. The van der Waals surface area contributed by atoms with Crippen molar-refractivity contribution in [1.29, 1.82) is 0 Å². The van der Waals surface area contributed by atoms with E-state index in [1.807, 2.05) is 60.7 Å². The molecule has 2 fully saturated rings. The van der Waals surface area contributed by atoms with Crippen molar-refractivity contribution in [2.75, 3.05) is 5.75 Å². The zero-order chi connectivity index (χ0) is 31.4. The Kier molecular flexibility index (Phi) is 9.26. The van der Waals surface area contributed by atoms with Crippen LogP contribution in [0.5, 0.6) is 0 Å². The SMILES string of the molecule is CC(C)(C)OC(=O)NC(C(=O)N[C@@H]1C(=O)N2[C@@H]1SCC(O)[C@@H]2C(=O)OC(c1ccccc1)c1ccccc1)c1ccccc1. The summed E-state index contributed by atoms with van der Waals surface area (Å²) in [7, 11) is 0. The lowest BCUT2D eigenvalue weighted by molar-refractivity contribution is -0.173. The Hall–Kier alpha value is -4.35. The molecular formula is C33H35N3O7S. The number of β-lactam (4-membered cyclic amide) rings is 1. The zero-order valence-electron chi connectivity index (χ0n) is 24.6. The highest BCUT2D eigenvalue weighted by molar-refractivity contribution is 8.00. The number of amides is 3. The van der Waals surface area contributed by atoms with Gasteiger partial charge in [-0.15, -0.1) is 11.8 Å². The second kappa shape index (κ2) is 13.1. The number of carbonyl (C=O) groups is 4. The number of fused-ring (bicyclic) bond motifs is 1. The number of esters is 1. The summed E-state index contributed by atoms with van der Waals surface area (Å²) < 4.78 is 11.3. The molecule has 10 nitrogen and oxygen atoms in total. The van der Waals surface area contributed by atoms with Crippen molar-refractivity contribution in [2.45, 2.75) is 62.1 Å². The van der Waals surface area contributed by atoms with E-state index in [2.05, 4.69) is 10.6 Å². The van der Waals surface area contributed by atoms with Crippen molar-refractivity contribution >= 4 is 35.6 Å². The van der Waals surface area contributed by atoms with Gasteiger partial charge in [-0.3, -0.25) is 9.59 Å². The number of aliphatic hydroxyl groups excluding tert-OH is 1. The summed E-state index contributed by atoms with van der Waals surface area (Å²) >= 11 is 1.26. The van der Waals surface area contributed by atoms with Crippen LogP contribution in [-0.4, -0.2) is 68.8 Å². The lowest BCUT2D eigenvalue weighted by atomic mass is 9.97. The predicted molar refractivity (Wildman–Crippen MR) is 164 cm³/mol. The number of hydrogen-bond donors (Lipinski definition) is 3. The Morgan fingerprint density at radius 2 is 1.41 bits per heavy atom. The van der Waals surface area contributed by atoms with Gasteiger partial charge < -0.3 is 30.1 Å². The quantitative estimate of drug-likeness (QED) is 0.257. The third-order valence-electron chi connectivity index (χ3n) is 7.22. The van der Waals surface area contributed by atoms with Crippen molar-refractivity contribution in [2.24, 2.45) is 0 Å². The lowest BCUT2D eigenvalue weighted by Gasteiger charge is -2.53. The predicted octanol–water partition coefficient (Wildman–Crippen LogP) is 3.71. The van der Waals surface area contributed by atoms with Gasteiger partial charge in [0.05, 0.1) is 6.10 Å². The third kappa shape index (κ3) is 6.89. The van der Waals surface area contributed by atoms with Crippen LogP contribution >= 0.6 is 11.8 Å². The number of alkyl carbamates (subject to hydrolysis) is 1. The molecule has 5 rings (SSSR count). The standard InChI is InChI=1S/C33H35N3O7S/c1-33(2,3)43-32(41)35-24(20-13-7-4-8-14-20)28(38)34-25-29(39)36-26(23(37)19-44-30(25)36)31(40)42-27(21-15-9-5-10-16-21)22-17-11-6-12-18-22/h4-18,23-27,30,37H,19H2,1-3H3,(H,34,38)(H,35,41)/t23?,24?,25-,26-,30-/m1/s1. The fourth-order valence-corrected chi connectivity index (χ4v) is 6.56. The monoisotopic (exact) mass is 617 g/mol. The molecular weight excluding hydrogens is 582 g/mol. The van der Waals surface area contributed by atoms with E-state index in [-0.39, 0.29) is 5.75 Å². The summed E-state index contributed by atoms with van der Waals surface area (Å²) in [6.45, 7) is 5.14. The highest BCUT2D eigenvalue weighted by atomic mass is 32.2. The topological polar surface area (TPSA) is 134 Å². The van der Waals surface area contributed by atoms with Gasteiger partial charge in [-0.2, -0.15) is 0 Å². The van der Waals surface area contributed by atoms with Crippen LogP contribution in [0.1, 0.15) is 49.6 Å². The highest BCUT2D eigenvalue weighted by Gasteiger charge is 2.58. The molecule has 11 heteroatoms. The summed E-state index contributed by atoms with van der Waals surface area (Å²) in [5.41, 5.74) is 1.20. The number of hydrogen-bond acceptors (Lipinski definition) is 8. The maximum atomic E-state index is 13.6. The molecule has 0 saturated carbocycles. The molecule has 5 atom stereocenters. The molecule has 3 aromatic rings. The molecule has 2 aliphatic rings. The largest absolute Gasteiger partial charge is 0.451 e. The number of carbonyl (C=O) groups excluding carboxylic acids is 4. The van der Waals surface area contributed by atoms with Crippen LogP contribution in [0.25, 0.3) is 0 Å². The second-order valence-electron chi connectivity index (χ2n) is 11.6. The molecule has 44 heavy (non-hydrogen) atoms. The first-order chi connectivity index (χ1) is 21.0. The molecule has 0 radical (unpaired) electrons. The van der Waals surface area contributed by atoms with Crippen LogP contribution < -0.4 is 10.6 Å². The normalized spacial score (nSPS) is 21.8. The summed E-state index contributed by atoms with van der Waals surface area (Å²) in [6.07, 6.45) is -2.70. The minimum atomic E-state index is -1.25. The molecule has 2 heterocycles. The Balaban J connectivity index is 1.31. The molecule has 0 aromatic heterocycles. The van der Waals surface area contributed by atoms with Crippen molar-refractivity contribution in [3.63, 3.8) is 0 Å². The molecule has 3 aromatic carbocycles. The van der Waals surface area contributed by atoms with Gasteiger partial charge in [0.25, 0.3) is 0 Å². The first-order valence-electron chi connectivity index (χ1n) is 14.3. The van der Waals surface area contributed by atoms with E-state index in [0.29, 0.717) is 5.56 Å². The molecule has 3 amide bonds. The van der Waals surface area contributed by atoms with E-state index >= 15 is 0 Å².